The fourth-order valence-corrected chi connectivity index (χ4v) is 2.97. The number of Topliss-reactive ketones (excluding diaryl/α,β-unsaturated/α-hetero) is 1. The van der Waals surface area contributed by atoms with Gasteiger partial charge in [0, 0.05) is 12.1 Å². The van der Waals surface area contributed by atoms with Crippen LogP contribution in [0.15, 0.2) is 40.6 Å². The summed E-state index contributed by atoms with van der Waals surface area (Å²) in [4.78, 5) is 25.0. The zero-order chi connectivity index (χ0) is 23.7. The second kappa shape index (κ2) is 11.9. The molecule has 2 aromatic rings. The number of para-hydroxylation sites is 1. The minimum Gasteiger partial charge on any atom is -0.495 e. The van der Waals surface area contributed by atoms with E-state index in [1.54, 1.807) is 18.2 Å². The summed E-state index contributed by atoms with van der Waals surface area (Å²) in [5.74, 6) is 0.317. The number of carbonyl (C=O) groups excluding carboxylic acids is 2. The Morgan fingerprint density at radius 1 is 1.03 bits per heavy atom. The van der Waals surface area contributed by atoms with Crippen LogP contribution in [-0.4, -0.2) is 45.2 Å². The first-order chi connectivity index (χ1) is 15.4. The average Bonchev–Trinajstić information content (AvgIpc) is 2.76. The number of halogens is 1. The number of amides is 1. The van der Waals surface area contributed by atoms with Gasteiger partial charge in [0.2, 0.25) is 6.04 Å². The van der Waals surface area contributed by atoms with E-state index in [9.17, 15) is 9.59 Å². The van der Waals surface area contributed by atoms with Crippen molar-refractivity contribution >= 4 is 34.7 Å². The Morgan fingerprint density at radius 2 is 1.72 bits per heavy atom. The van der Waals surface area contributed by atoms with Crippen molar-refractivity contribution in [2.24, 2.45) is 10.2 Å². The Bertz CT molecular complexity index is 996. The molecule has 0 fully saturated rings. The lowest BCUT2D eigenvalue weighted by atomic mass is 10.2. The lowest BCUT2D eigenvalue weighted by molar-refractivity contribution is -0.126. The molecule has 1 unspecified atom stereocenters. The average molecular weight is 464 g/mol. The van der Waals surface area contributed by atoms with Gasteiger partial charge in [0.15, 0.2) is 17.3 Å². The molecule has 9 nitrogen and oxygen atoms in total. The second-order valence-corrected chi connectivity index (χ2v) is 6.78. The number of carbonyl (C=O) groups is 2. The van der Waals surface area contributed by atoms with E-state index in [1.807, 2.05) is 13.8 Å². The quantitative estimate of drug-likeness (QED) is 0.377. The number of ether oxygens (including phenoxy) is 4. The van der Waals surface area contributed by atoms with E-state index in [0.717, 1.165) is 0 Å². The van der Waals surface area contributed by atoms with E-state index >= 15 is 0 Å². The smallest absolute Gasteiger partial charge is 0.258 e. The zero-order valence-corrected chi connectivity index (χ0v) is 19.4. The molecule has 2 aromatic carbocycles. The van der Waals surface area contributed by atoms with E-state index < -0.39 is 17.7 Å². The molecule has 10 heteroatoms. The molecule has 0 bridgehead atoms. The Balaban J connectivity index is 2.34. The van der Waals surface area contributed by atoms with Crippen LogP contribution in [0.2, 0.25) is 5.02 Å². The molecule has 0 aliphatic heterocycles. The van der Waals surface area contributed by atoms with Crippen molar-refractivity contribution in [3.8, 4) is 23.0 Å². The van der Waals surface area contributed by atoms with Gasteiger partial charge in [-0.05, 0) is 32.9 Å². The number of nitrogens with one attached hydrogen (secondary N) is 1. The highest BCUT2D eigenvalue weighted by molar-refractivity contribution is 6.32. The molecule has 1 amide bonds. The van der Waals surface area contributed by atoms with Gasteiger partial charge in [-0.15, -0.1) is 0 Å². The van der Waals surface area contributed by atoms with Crippen molar-refractivity contribution in [3.63, 3.8) is 0 Å². The molecular weight excluding hydrogens is 438 g/mol. The maximum atomic E-state index is 12.8. The lowest BCUT2D eigenvalue weighted by Crippen LogP contribution is -2.32. The van der Waals surface area contributed by atoms with Gasteiger partial charge in [-0.3, -0.25) is 9.59 Å². The fourth-order valence-electron chi connectivity index (χ4n) is 2.74. The molecule has 0 aliphatic rings. The van der Waals surface area contributed by atoms with Crippen LogP contribution in [0.5, 0.6) is 23.0 Å². The van der Waals surface area contributed by atoms with Gasteiger partial charge in [-0.2, -0.15) is 10.2 Å². The molecule has 2 rings (SSSR count). The van der Waals surface area contributed by atoms with Crippen LogP contribution in [0.3, 0.4) is 0 Å². The van der Waals surface area contributed by atoms with Crippen LogP contribution in [-0.2, 0) is 9.59 Å². The highest BCUT2D eigenvalue weighted by atomic mass is 35.5. The summed E-state index contributed by atoms with van der Waals surface area (Å²) >= 11 is 6.10. The number of hydrogen-bond acceptors (Lipinski definition) is 8. The fraction of sp³-hybridized carbons (Fsp3) is 0.364. The highest BCUT2D eigenvalue weighted by Gasteiger charge is 2.25. The predicted octanol–water partition coefficient (Wildman–Crippen LogP) is 4.83. The van der Waals surface area contributed by atoms with E-state index in [1.165, 1.54) is 33.3 Å². The third-order valence-corrected chi connectivity index (χ3v) is 4.49. The first-order valence-electron chi connectivity index (χ1n) is 9.88. The number of benzene rings is 2. The van der Waals surface area contributed by atoms with Gasteiger partial charge < -0.3 is 24.3 Å². The standard InChI is InChI=1S/C22H26ClN3O6/c1-6-31-17-10-8-9-15(21(17)32-7-2)25-26-20(13(3)27)22(28)24-16-12-18(29-4)14(23)11-19(16)30-5/h8-12,20H,6-7H2,1-5H3,(H,24,28). The molecule has 0 radical (unpaired) electrons. The topological polar surface area (TPSA) is 108 Å². The number of ketones is 1. The van der Waals surface area contributed by atoms with E-state index in [0.29, 0.717) is 46.9 Å². The lowest BCUT2D eigenvalue weighted by Gasteiger charge is -2.15. The molecule has 32 heavy (non-hydrogen) atoms. The second-order valence-electron chi connectivity index (χ2n) is 6.38. The summed E-state index contributed by atoms with van der Waals surface area (Å²) in [6.07, 6.45) is 0. The van der Waals surface area contributed by atoms with E-state index in [2.05, 4.69) is 15.5 Å². The SMILES string of the molecule is CCOc1cccc(N=NC(C(C)=O)C(=O)Nc2cc(OC)c(Cl)cc2OC)c1OCC. The van der Waals surface area contributed by atoms with Gasteiger partial charge in [0.05, 0.1) is 38.1 Å². The van der Waals surface area contributed by atoms with Crippen LogP contribution < -0.4 is 24.3 Å². The monoisotopic (exact) mass is 463 g/mol. The molecular formula is C22H26ClN3O6. The number of rotatable bonds is 11. The Labute approximate surface area is 191 Å². The molecule has 0 aromatic heterocycles. The van der Waals surface area contributed by atoms with Gasteiger partial charge in [0.1, 0.15) is 17.2 Å². The van der Waals surface area contributed by atoms with Crippen LogP contribution in [0.4, 0.5) is 11.4 Å². The van der Waals surface area contributed by atoms with Crippen molar-refractivity contribution in [2.45, 2.75) is 26.8 Å². The molecule has 1 N–H and O–H groups in total. The molecule has 1 atom stereocenters. The highest BCUT2D eigenvalue weighted by Crippen LogP contribution is 2.38. The van der Waals surface area contributed by atoms with Gasteiger partial charge in [0.25, 0.3) is 5.91 Å². The van der Waals surface area contributed by atoms with Gasteiger partial charge >= 0.3 is 0 Å². The van der Waals surface area contributed by atoms with Crippen LogP contribution in [0, 0.1) is 0 Å². The first kappa shape index (κ1) is 24.9. The maximum absolute atomic E-state index is 12.8. The largest absolute Gasteiger partial charge is 0.495 e. The molecule has 0 heterocycles. The minimum absolute atomic E-state index is 0.272. The Hall–Kier alpha value is -3.33. The normalized spacial score (nSPS) is 11.7. The summed E-state index contributed by atoms with van der Waals surface area (Å²) in [7, 11) is 2.87. The molecule has 0 spiro atoms. The zero-order valence-electron chi connectivity index (χ0n) is 18.6. The summed E-state index contributed by atoms with van der Waals surface area (Å²) in [5.41, 5.74) is 0.608. The Morgan fingerprint density at radius 3 is 2.31 bits per heavy atom. The van der Waals surface area contributed by atoms with Crippen molar-refractivity contribution < 1.29 is 28.5 Å². The number of methoxy groups -OCH3 is 2. The molecule has 0 saturated heterocycles. The van der Waals surface area contributed by atoms with Crippen molar-refractivity contribution in [2.75, 3.05) is 32.8 Å². The van der Waals surface area contributed by atoms with Crippen molar-refractivity contribution in [1.29, 1.82) is 0 Å². The minimum atomic E-state index is -1.40. The summed E-state index contributed by atoms with van der Waals surface area (Å²) in [5, 5.41) is 11.0. The third-order valence-electron chi connectivity index (χ3n) is 4.19. The van der Waals surface area contributed by atoms with E-state index in [4.69, 9.17) is 30.5 Å². The summed E-state index contributed by atoms with van der Waals surface area (Å²) in [6, 6.07) is 6.70. The van der Waals surface area contributed by atoms with Gasteiger partial charge in [-0.25, -0.2) is 0 Å². The predicted molar refractivity (Wildman–Crippen MR) is 121 cm³/mol. The van der Waals surface area contributed by atoms with Crippen LogP contribution >= 0.6 is 11.6 Å². The number of hydrogen-bond donors (Lipinski definition) is 1. The Kier molecular flexibility index (Phi) is 9.27. The van der Waals surface area contributed by atoms with Gasteiger partial charge in [-0.1, -0.05) is 17.7 Å². The van der Waals surface area contributed by atoms with Crippen molar-refractivity contribution in [1.82, 2.24) is 0 Å². The molecule has 0 aliphatic carbocycles. The third kappa shape index (κ3) is 6.10. The first-order valence-corrected chi connectivity index (χ1v) is 10.3. The number of azo groups is 1. The summed E-state index contributed by atoms with van der Waals surface area (Å²) < 4.78 is 21.6. The maximum Gasteiger partial charge on any atom is 0.258 e. The van der Waals surface area contributed by atoms with Crippen molar-refractivity contribution in [3.05, 3.63) is 35.4 Å². The van der Waals surface area contributed by atoms with E-state index in [-0.39, 0.29) is 5.69 Å². The molecule has 172 valence electrons. The number of nitrogens with zero attached hydrogens (tertiary/aromatic N) is 2. The van der Waals surface area contributed by atoms with Crippen LogP contribution in [0.25, 0.3) is 0 Å². The summed E-state index contributed by atoms with van der Waals surface area (Å²) in [6.45, 7) is 5.74. The number of anilines is 1. The van der Waals surface area contributed by atoms with Crippen LogP contribution in [0.1, 0.15) is 20.8 Å². The molecule has 0 saturated carbocycles.